The summed E-state index contributed by atoms with van der Waals surface area (Å²) in [6.07, 6.45) is -0.304. The maximum Gasteiger partial charge on any atom is 0.226 e. The standard InChI is InChI=1S/C23H25FN6O4/c1-31-14-5-4-13(18(8-14)32-2)11-26-23-27-17-10-19(33-3)16(24)9-15(17)22-28-21(29-30(22)23)20-12-25-6-7-34-20/h4-5,8-10,20,25H,6-7,11-12H2,1-3H3,(H,26,27)/t20-/m1/s1. The molecule has 1 aliphatic rings. The van der Waals surface area contributed by atoms with Gasteiger partial charge in [0, 0.05) is 42.7 Å². The first kappa shape index (κ1) is 22.1. The van der Waals surface area contributed by atoms with Crippen LogP contribution in [0, 0.1) is 5.82 Å². The smallest absolute Gasteiger partial charge is 0.226 e. The summed E-state index contributed by atoms with van der Waals surface area (Å²) in [6.45, 7) is 2.33. The molecule has 4 aromatic rings. The van der Waals surface area contributed by atoms with Gasteiger partial charge in [0.2, 0.25) is 5.95 Å². The number of halogens is 1. The van der Waals surface area contributed by atoms with Crippen molar-refractivity contribution in [2.24, 2.45) is 0 Å². The Morgan fingerprint density at radius 1 is 1.12 bits per heavy atom. The topological polar surface area (TPSA) is 104 Å². The lowest BCUT2D eigenvalue weighted by Gasteiger charge is -2.20. The Kier molecular flexibility index (Phi) is 6.03. The highest BCUT2D eigenvalue weighted by molar-refractivity contribution is 5.93. The van der Waals surface area contributed by atoms with Crippen molar-refractivity contribution in [3.63, 3.8) is 0 Å². The molecule has 0 unspecified atom stereocenters. The monoisotopic (exact) mass is 468 g/mol. The fraction of sp³-hybridized carbons (Fsp3) is 0.348. The highest BCUT2D eigenvalue weighted by atomic mass is 19.1. The van der Waals surface area contributed by atoms with Crippen LogP contribution in [0.5, 0.6) is 17.2 Å². The normalized spacial score (nSPS) is 16.1. The fourth-order valence-electron chi connectivity index (χ4n) is 3.94. The van der Waals surface area contributed by atoms with Crippen LogP contribution < -0.4 is 24.8 Å². The Balaban J connectivity index is 1.59. The van der Waals surface area contributed by atoms with Gasteiger partial charge in [0.05, 0.1) is 33.5 Å². The van der Waals surface area contributed by atoms with Crippen molar-refractivity contribution in [3.8, 4) is 17.2 Å². The molecule has 2 N–H and O–H groups in total. The van der Waals surface area contributed by atoms with Gasteiger partial charge in [-0.2, -0.15) is 4.52 Å². The second-order valence-corrected chi connectivity index (χ2v) is 7.74. The van der Waals surface area contributed by atoms with Crippen LogP contribution in [0.3, 0.4) is 0 Å². The van der Waals surface area contributed by atoms with Crippen molar-refractivity contribution < 1.29 is 23.3 Å². The maximum absolute atomic E-state index is 14.5. The predicted molar refractivity (Wildman–Crippen MR) is 123 cm³/mol. The second kappa shape index (κ2) is 9.27. The lowest BCUT2D eigenvalue weighted by molar-refractivity contribution is 0.0223. The number of fused-ring (bicyclic) bond motifs is 3. The molecule has 11 heteroatoms. The molecule has 1 aliphatic heterocycles. The molecular weight excluding hydrogens is 443 g/mol. The molecule has 0 amide bonds. The van der Waals surface area contributed by atoms with E-state index in [2.05, 4.69) is 15.7 Å². The van der Waals surface area contributed by atoms with E-state index in [0.29, 0.717) is 59.5 Å². The Morgan fingerprint density at radius 2 is 1.97 bits per heavy atom. The van der Waals surface area contributed by atoms with Crippen molar-refractivity contribution >= 4 is 22.5 Å². The Bertz CT molecular complexity index is 1340. The minimum absolute atomic E-state index is 0.103. The average molecular weight is 468 g/mol. The second-order valence-electron chi connectivity index (χ2n) is 7.74. The quantitative estimate of drug-likeness (QED) is 0.424. The first-order valence-corrected chi connectivity index (χ1v) is 10.8. The molecule has 1 atom stereocenters. The average Bonchev–Trinajstić information content (AvgIpc) is 3.33. The van der Waals surface area contributed by atoms with Crippen LogP contribution in [0.4, 0.5) is 10.3 Å². The summed E-state index contributed by atoms with van der Waals surface area (Å²) in [4.78, 5) is 9.39. The third-order valence-corrected chi connectivity index (χ3v) is 5.71. The van der Waals surface area contributed by atoms with Crippen molar-refractivity contribution in [2.45, 2.75) is 12.6 Å². The Hall–Kier alpha value is -3.70. The molecule has 0 spiro atoms. The third kappa shape index (κ3) is 4.03. The Labute approximate surface area is 195 Å². The number of aromatic nitrogens is 4. The first-order chi connectivity index (χ1) is 16.6. The van der Waals surface area contributed by atoms with E-state index in [0.717, 1.165) is 12.1 Å². The summed E-state index contributed by atoms with van der Waals surface area (Å²) in [7, 11) is 4.63. The molecule has 5 rings (SSSR count). The van der Waals surface area contributed by atoms with Gasteiger partial charge in [-0.3, -0.25) is 0 Å². The van der Waals surface area contributed by atoms with Gasteiger partial charge in [-0.05, 0) is 18.2 Å². The van der Waals surface area contributed by atoms with Crippen LogP contribution in [0.15, 0.2) is 30.3 Å². The van der Waals surface area contributed by atoms with Gasteiger partial charge in [0.1, 0.15) is 17.6 Å². The number of nitrogens with zero attached hydrogens (tertiary/aromatic N) is 4. The molecule has 2 aromatic carbocycles. The minimum atomic E-state index is -0.498. The van der Waals surface area contributed by atoms with Gasteiger partial charge >= 0.3 is 0 Å². The van der Waals surface area contributed by atoms with Crippen molar-refractivity contribution in [1.29, 1.82) is 0 Å². The third-order valence-electron chi connectivity index (χ3n) is 5.71. The highest BCUT2D eigenvalue weighted by Crippen LogP contribution is 2.30. The zero-order chi connectivity index (χ0) is 23.7. The van der Waals surface area contributed by atoms with Gasteiger partial charge in [0.15, 0.2) is 23.0 Å². The van der Waals surface area contributed by atoms with E-state index in [9.17, 15) is 4.39 Å². The highest BCUT2D eigenvalue weighted by Gasteiger charge is 2.23. The van der Waals surface area contributed by atoms with Crippen LogP contribution in [-0.4, -0.2) is 60.6 Å². The number of hydrogen-bond donors (Lipinski definition) is 2. The summed E-state index contributed by atoms with van der Waals surface area (Å²) in [5.41, 5.74) is 1.90. The summed E-state index contributed by atoms with van der Waals surface area (Å²) < 4.78 is 37.9. The van der Waals surface area contributed by atoms with Crippen LogP contribution in [-0.2, 0) is 11.3 Å². The van der Waals surface area contributed by atoms with Gasteiger partial charge in [0.25, 0.3) is 0 Å². The summed E-state index contributed by atoms with van der Waals surface area (Å²) in [5, 5.41) is 11.8. The van der Waals surface area contributed by atoms with Gasteiger partial charge in [-0.15, -0.1) is 5.10 Å². The van der Waals surface area contributed by atoms with Crippen LogP contribution in [0.25, 0.3) is 16.6 Å². The zero-order valence-electron chi connectivity index (χ0n) is 19.1. The fourth-order valence-corrected chi connectivity index (χ4v) is 3.94. The number of anilines is 1. The summed E-state index contributed by atoms with van der Waals surface area (Å²) >= 11 is 0. The van der Waals surface area contributed by atoms with E-state index in [1.807, 2.05) is 18.2 Å². The largest absolute Gasteiger partial charge is 0.497 e. The lowest BCUT2D eigenvalue weighted by atomic mass is 10.2. The molecule has 3 heterocycles. The molecule has 34 heavy (non-hydrogen) atoms. The summed E-state index contributed by atoms with van der Waals surface area (Å²) in [6, 6.07) is 8.50. The minimum Gasteiger partial charge on any atom is -0.497 e. The number of morpholine rings is 1. The number of rotatable bonds is 7. The molecule has 178 valence electrons. The van der Waals surface area contributed by atoms with E-state index in [1.54, 1.807) is 24.8 Å². The van der Waals surface area contributed by atoms with Crippen LogP contribution in [0.2, 0.25) is 0 Å². The number of ether oxygens (including phenoxy) is 4. The van der Waals surface area contributed by atoms with Gasteiger partial charge in [-0.1, -0.05) is 0 Å². The van der Waals surface area contributed by atoms with E-state index in [1.165, 1.54) is 13.2 Å². The van der Waals surface area contributed by atoms with Gasteiger partial charge in [-0.25, -0.2) is 14.4 Å². The number of benzene rings is 2. The van der Waals surface area contributed by atoms with E-state index < -0.39 is 5.82 Å². The Morgan fingerprint density at radius 3 is 2.71 bits per heavy atom. The molecule has 0 bridgehead atoms. The zero-order valence-corrected chi connectivity index (χ0v) is 19.1. The summed E-state index contributed by atoms with van der Waals surface area (Å²) in [5.74, 6) is 1.92. The van der Waals surface area contributed by atoms with Crippen LogP contribution >= 0.6 is 0 Å². The molecule has 0 saturated carbocycles. The molecule has 2 aromatic heterocycles. The predicted octanol–water partition coefficient (Wildman–Crippen LogP) is 2.72. The molecule has 0 radical (unpaired) electrons. The molecule has 0 aliphatic carbocycles. The number of methoxy groups -OCH3 is 3. The number of hydrogen-bond acceptors (Lipinski definition) is 9. The molecule has 10 nitrogen and oxygen atoms in total. The lowest BCUT2D eigenvalue weighted by Crippen LogP contribution is -2.33. The van der Waals surface area contributed by atoms with E-state index in [-0.39, 0.29) is 11.9 Å². The van der Waals surface area contributed by atoms with Crippen molar-refractivity contribution in [2.75, 3.05) is 46.3 Å². The first-order valence-electron chi connectivity index (χ1n) is 10.8. The number of nitrogens with one attached hydrogen (secondary N) is 2. The SMILES string of the molecule is COc1ccc(CNc2nc3cc(OC)c(F)cc3c3nc([C@H]4CNCCO4)nn23)c(OC)c1. The van der Waals surface area contributed by atoms with Gasteiger partial charge < -0.3 is 29.6 Å². The van der Waals surface area contributed by atoms with Crippen molar-refractivity contribution in [1.82, 2.24) is 24.9 Å². The van der Waals surface area contributed by atoms with E-state index in [4.69, 9.17) is 28.9 Å². The molecular formula is C23H25FN6O4. The van der Waals surface area contributed by atoms with E-state index >= 15 is 0 Å². The molecule has 1 saturated heterocycles. The maximum atomic E-state index is 14.5. The van der Waals surface area contributed by atoms with Crippen molar-refractivity contribution in [3.05, 3.63) is 47.5 Å². The molecule has 1 fully saturated rings. The van der Waals surface area contributed by atoms with Crippen LogP contribution in [0.1, 0.15) is 17.5 Å².